The number of halogens is 3. The van der Waals surface area contributed by atoms with Crippen molar-refractivity contribution < 1.29 is 26.4 Å². The molecule has 1 aliphatic rings. The summed E-state index contributed by atoms with van der Waals surface area (Å²) in [6, 6.07) is 0. The predicted molar refractivity (Wildman–Crippen MR) is 59.4 cm³/mol. The third kappa shape index (κ3) is 5.34. The van der Waals surface area contributed by atoms with Gasteiger partial charge in [0.2, 0.25) is 10.0 Å². The van der Waals surface area contributed by atoms with Crippen LogP contribution in [0.1, 0.15) is 25.7 Å². The van der Waals surface area contributed by atoms with Gasteiger partial charge in [-0.2, -0.15) is 13.2 Å². The molecule has 1 saturated heterocycles. The number of hydrogen-bond acceptors (Lipinski definition) is 3. The second-order valence-corrected chi connectivity index (χ2v) is 6.65. The Kier molecular flexibility index (Phi) is 4.77. The van der Waals surface area contributed by atoms with Crippen molar-refractivity contribution in [3.8, 4) is 0 Å². The van der Waals surface area contributed by atoms with E-state index in [4.69, 9.17) is 0 Å². The van der Waals surface area contributed by atoms with Gasteiger partial charge in [-0.05, 0) is 18.8 Å². The first-order chi connectivity index (χ1) is 8.08. The predicted octanol–water partition coefficient (Wildman–Crippen LogP) is 1.57. The Morgan fingerprint density at radius 2 is 2.00 bits per heavy atom. The minimum atomic E-state index is -4.48. The normalized spacial score (nSPS) is 23.0. The fourth-order valence-electron chi connectivity index (χ4n) is 2.11. The summed E-state index contributed by atoms with van der Waals surface area (Å²) in [7, 11) is -3.33. The molecule has 0 aromatic rings. The summed E-state index contributed by atoms with van der Waals surface area (Å²) < 4.78 is 59.8. The van der Waals surface area contributed by atoms with E-state index in [0.717, 1.165) is 6.26 Å². The summed E-state index contributed by atoms with van der Waals surface area (Å²) in [5, 5.41) is 0. The number of Topliss-reactive ketones (excluding diaryl/α,β-unsaturated/α-hetero) is 1. The number of sulfonamides is 1. The first-order valence-electron chi connectivity index (χ1n) is 5.61. The zero-order valence-corrected chi connectivity index (χ0v) is 10.9. The van der Waals surface area contributed by atoms with Gasteiger partial charge in [-0.25, -0.2) is 12.7 Å². The molecule has 1 rings (SSSR count). The first-order valence-corrected chi connectivity index (χ1v) is 7.46. The zero-order chi connectivity index (χ0) is 14.0. The van der Waals surface area contributed by atoms with E-state index >= 15 is 0 Å². The Hall–Kier alpha value is -0.630. The summed E-state index contributed by atoms with van der Waals surface area (Å²) >= 11 is 0. The summed E-state index contributed by atoms with van der Waals surface area (Å²) in [5.41, 5.74) is 0. The molecule has 8 heteroatoms. The lowest BCUT2D eigenvalue weighted by Gasteiger charge is -2.30. The Morgan fingerprint density at radius 3 is 2.50 bits per heavy atom. The third-order valence-corrected chi connectivity index (χ3v) is 4.13. The van der Waals surface area contributed by atoms with Crippen LogP contribution >= 0.6 is 0 Å². The van der Waals surface area contributed by atoms with Crippen molar-refractivity contribution in [1.82, 2.24) is 4.31 Å². The van der Waals surface area contributed by atoms with Crippen LogP contribution in [0.25, 0.3) is 0 Å². The minimum Gasteiger partial charge on any atom is -0.299 e. The maximum atomic E-state index is 12.0. The first kappa shape index (κ1) is 15.4. The highest BCUT2D eigenvalue weighted by Gasteiger charge is 2.33. The topological polar surface area (TPSA) is 54.5 Å². The number of ketones is 1. The van der Waals surface area contributed by atoms with Gasteiger partial charge in [0.25, 0.3) is 0 Å². The van der Waals surface area contributed by atoms with Crippen LogP contribution in [0.3, 0.4) is 0 Å². The SMILES string of the molecule is CS(=O)(=O)N1CCCC(CC(=O)CC(F)(F)F)C1. The monoisotopic (exact) mass is 287 g/mol. The van der Waals surface area contributed by atoms with Gasteiger partial charge in [0.05, 0.1) is 6.26 Å². The molecule has 1 atom stereocenters. The van der Waals surface area contributed by atoms with Crippen molar-refractivity contribution in [2.45, 2.75) is 31.9 Å². The summed E-state index contributed by atoms with van der Waals surface area (Å²) in [4.78, 5) is 11.2. The van der Waals surface area contributed by atoms with Crippen LogP contribution < -0.4 is 0 Å². The van der Waals surface area contributed by atoms with Crippen molar-refractivity contribution in [2.75, 3.05) is 19.3 Å². The fourth-order valence-corrected chi connectivity index (χ4v) is 3.05. The van der Waals surface area contributed by atoms with Gasteiger partial charge >= 0.3 is 6.18 Å². The highest BCUT2D eigenvalue weighted by molar-refractivity contribution is 7.88. The molecule has 0 saturated carbocycles. The maximum absolute atomic E-state index is 12.0. The summed E-state index contributed by atoms with van der Waals surface area (Å²) in [5.74, 6) is -1.17. The smallest absolute Gasteiger partial charge is 0.299 e. The molecular weight excluding hydrogens is 271 g/mol. The van der Waals surface area contributed by atoms with E-state index in [1.165, 1.54) is 4.31 Å². The number of carbonyl (C=O) groups excluding carboxylic acids is 1. The highest BCUT2D eigenvalue weighted by Crippen LogP contribution is 2.25. The number of nitrogens with zero attached hydrogens (tertiary/aromatic N) is 1. The van der Waals surface area contributed by atoms with Crippen LogP contribution in [0, 0.1) is 5.92 Å². The summed E-state index contributed by atoms with van der Waals surface area (Å²) in [6.07, 6.45) is -3.88. The van der Waals surface area contributed by atoms with E-state index in [0.29, 0.717) is 19.4 Å². The Morgan fingerprint density at radius 1 is 1.39 bits per heavy atom. The molecule has 4 nitrogen and oxygen atoms in total. The average Bonchev–Trinajstić information content (AvgIpc) is 2.13. The number of alkyl halides is 3. The molecule has 0 bridgehead atoms. The van der Waals surface area contributed by atoms with Gasteiger partial charge < -0.3 is 0 Å². The van der Waals surface area contributed by atoms with Crippen molar-refractivity contribution in [3.63, 3.8) is 0 Å². The van der Waals surface area contributed by atoms with Crippen LogP contribution in [0.2, 0.25) is 0 Å². The van der Waals surface area contributed by atoms with Crippen LogP contribution in [0.4, 0.5) is 13.2 Å². The maximum Gasteiger partial charge on any atom is 0.395 e. The molecule has 0 radical (unpaired) electrons. The van der Waals surface area contributed by atoms with Gasteiger partial charge in [0.15, 0.2) is 0 Å². The van der Waals surface area contributed by atoms with Crippen LogP contribution in [-0.2, 0) is 14.8 Å². The van der Waals surface area contributed by atoms with E-state index in [2.05, 4.69) is 0 Å². The van der Waals surface area contributed by atoms with Gasteiger partial charge in [-0.1, -0.05) is 0 Å². The second kappa shape index (κ2) is 5.56. The van der Waals surface area contributed by atoms with Crippen molar-refractivity contribution in [3.05, 3.63) is 0 Å². The zero-order valence-electron chi connectivity index (χ0n) is 10.0. The molecule has 0 aromatic heterocycles. The molecule has 1 heterocycles. The largest absolute Gasteiger partial charge is 0.395 e. The Bertz CT molecular complexity index is 405. The Labute approximate surface area is 104 Å². The molecular formula is C10H16F3NO3S. The van der Waals surface area contributed by atoms with E-state index in [9.17, 15) is 26.4 Å². The third-order valence-electron chi connectivity index (χ3n) is 2.86. The number of rotatable bonds is 4. The number of piperidine rings is 1. The van der Waals surface area contributed by atoms with E-state index in [1.807, 2.05) is 0 Å². The van der Waals surface area contributed by atoms with E-state index in [1.54, 1.807) is 0 Å². The number of hydrogen-bond donors (Lipinski definition) is 0. The summed E-state index contributed by atoms with van der Waals surface area (Å²) in [6.45, 7) is 0.519. The molecule has 0 aromatic carbocycles. The van der Waals surface area contributed by atoms with Gasteiger partial charge in [-0.15, -0.1) is 0 Å². The van der Waals surface area contributed by atoms with Crippen molar-refractivity contribution >= 4 is 15.8 Å². The van der Waals surface area contributed by atoms with Crippen molar-refractivity contribution in [2.24, 2.45) is 5.92 Å². The average molecular weight is 287 g/mol. The van der Waals surface area contributed by atoms with Gasteiger partial charge in [0, 0.05) is 19.5 Å². The lowest BCUT2D eigenvalue weighted by Crippen LogP contribution is -2.40. The van der Waals surface area contributed by atoms with Gasteiger partial charge in [0.1, 0.15) is 12.2 Å². The lowest BCUT2D eigenvalue weighted by atomic mass is 9.93. The van der Waals surface area contributed by atoms with Crippen LogP contribution in [0.15, 0.2) is 0 Å². The second-order valence-electron chi connectivity index (χ2n) is 4.66. The molecule has 1 unspecified atom stereocenters. The lowest BCUT2D eigenvalue weighted by molar-refractivity contribution is -0.153. The molecule has 0 aliphatic carbocycles. The molecule has 1 aliphatic heterocycles. The van der Waals surface area contributed by atoms with Crippen LogP contribution in [0.5, 0.6) is 0 Å². The van der Waals surface area contributed by atoms with Crippen molar-refractivity contribution in [1.29, 1.82) is 0 Å². The highest BCUT2D eigenvalue weighted by atomic mass is 32.2. The molecule has 18 heavy (non-hydrogen) atoms. The Balaban J connectivity index is 2.51. The molecule has 0 amide bonds. The number of carbonyl (C=O) groups is 1. The van der Waals surface area contributed by atoms with E-state index in [-0.39, 0.29) is 18.9 Å². The minimum absolute atomic E-state index is 0.141. The van der Waals surface area contributed by atoms with E-state index < -0.39 is 28.4 Å². The molecule has 1 fully saturated rings. The molecule has 106 valence electrons. The quantitative estimate of drug-likeness (QED) is 0.788. The standard InChI is InChI=1S/C10H16F3NO3S/c1-18(16,17)14-4-2-3-8(7-14)5-9(15)6-10(11,12)13/h8H,2-7H2,1H3. The molecule has 0 spiro atoms. The van der Waals surface area contributed by atoms with Crippen LogP contribution in [-0.4, -0.2) is 44.0 Å². The fraction of sp³-hybridized carbons (Fsp3) is 0.900. The molecule has 0 N–H and O–H groups in total. The van der Waals surface area contributed by atoms with Gasteiger partial charge in [-0.3, -0.25) is 4.79 Å².